The third-order valence-corrected chi connectivity index (χ3v) is 2.03. The number of aromatic hydroxyl groups is 1. The number of ether oxygens (including phenoxy) is 1. The highest BCUT2D eigenvalue weighted by atomic mass is 79.9. The lowest BCUT2D eigenvalue weighted by atomic mass is 10.3. The molecule has 0 atom stereocenters. The monoisotopic (exact) mass is 283 g/mol. The van der Waals surface area contributed by atoms with Gasteiger partial charge < -0.3 is 9.84 Å². The van der Waals surface area contributed by atoms with E-state index in [9.17, 15) is 9.90 Å². The van der Waals surface area contributed by atoms with Gasteiger partial charge in [-0.2, -0.15) is 0 Å². The summed E-state index contributed by atoms with van der Waals surface area (Å²) in [4.78, 5) is 14.9. The summed E-state index contributed by atoms with van der Waals surface area (Å²) < 4.78 is 5.27. The molecule has 0 bridgehead atoms. The van der Waals surface area contributed by atoms with Gasteiger partial charge in [-0.15, -0.1) is 0 Å². The summed E-state index contributed by atoms with van der Waals surface area (Å²) in [7, 11) is 0. The Balaban J connectivity index is 2.69. The molecule has 0 radical (unpaired) electrons. The van der Waals surface area contributed by atoms with Gasteiger partial charge in [0.1, 0.15) is 16.8 Å². The quantitative estimate of drug-likeness (QED) is 0.511. The summed E-state index contributed by atoms with van der Waals surface area (Å²) in [6, 6.07) is 3.08. The van der Waals surface area contributed by atoms with Crippen LogP contribution in [0.4, 0.5) is 0 Å². The van der Waals surface area contributed by atoms with Crippen LogP contribution in [0.3, 0.4) is 0 Å². The molecular formula is C11H10BrNO3. The average molecular weight is 284 g/mol. The van der Waals surface area contributed by atoms with E-state index in [0.717, 1.165) is 0 Å². The fourth-order valence-corrected chi connectivity index (χ4v) is 1.24. The highest BCUT2D eigenvalue weighted by molar-refractivity contribution is 9.10. The van der Waals surface area contributed by atoms with E-state index in [0.29, 0.717) is 11.2 Å². The smallest absolute Gasteiger partial charge is 0.317 e. The Bertz CT molecular complexity index is 448. The molecule has 16 heavy (non-hydrogen) atoms. The van der Waals surface area contributed by atoms with Crippen molar-refractivity contribution in [2.45, 2.75) is 13.3 Å². The number of hydrogen-bond donors (Lipinski definition) is 1. The molecule has 1 N–H and O–H groups in total. The lowest BCUT2D eigenvalue weighted by Crippen LogP contribution is -2.01. The molecule has 1 aromatic heterocycles. The van der Waals surface area contributed by atoms with E-state index in [-0.39, 0.29) is 23.8 Å². The maximum atomic E-state index is 11.0. The molecule has 0 spiro atoms. The summed E-state index contributed by atoms with van der Waals surface area (Å²) in [5, 5.41) is 9.40. The van der Waals surface area contributed by atoms with Crippen LogP contribution in [-0.2, 0) is 9.53 Å². The van der Waals surface area contributed by atoms with Crippen molar-refractivity contribution < 1.29 is 14.6 Å². The minimum absolute atomic E-state index is 0.0124. The topological polar surface area (TPSA) is 59.4 Å². The molecule has 0 unspecified atom stereocenters. The number of halogens is 1. The molecule has 0 aliphatic rings. The molecule has 1 aromatic rings. The molecule has 4 nitrogen and oxygen atoms in total. The van der Waals surface area contributed by atoms with Crippen molar-refractivity contribution in [3.8, 4) is 17.6 Å². The van der Waals surface area contributed by atoms with Gasteiger partial charge in [0.05, 0.1) is 6.61 Å². The summed E-state index contributed by atoms with van der Waals surface area (Å²) in [6.45, 7) is 2.06. The first-order valence-electron chi connectivity index (χ1n) is 4.63. The van der Waals surface area contributed by atoms with Gasteiger partial charge in [-0.25, -0.2) is 4.98 Å². The van der Waals surface area contributed by atoms with Gasteiger partial charge in [0.25, 0.3) is 0 Å². The van der Waals surface area contributed by atoms with E-state index in [1.165, 1.54) is 6.07 Å². The van der Waals surface area contributed by atoms with Gasteiger partial charge in [-0.05, 0) is 40.9 Å². The number of aromatic nitrogens is 1. The number of carbonyl (C=O) groups is 1. The molecule has 5 heteroatoms. The normalized spacial score (nSPS) is 9.12. The standard InChI is InChI=1S/C11H10BrNO3/c1-2-16-11(15)5-3-4-8-9(14)6-7-10(12)13-8/h6-7,14H,2,5H2,1H3. The van der Waals surface area contributed by atoms with Crippen molar-refractivity contribution in [1.29, 1.82) is 0 Å². The van der Waals surface area contributed by atoms with Gasteiger partial charge in [0, 0.05) is 0 Å². The van der Waals surface area contributed by atoms with Crippen LogP contribution in [0.25, 0.3) is 0 Å². The number of rotatable bonds is 2. The van der Waals surface area contributed by atoms with Gasteiger partial charge in [-0.3, -0.25) is 4.79 Å². The van der Waals surface area contributed by atoms with Crippen molar-refractivity contribution in [2.24, 2.45) is 0 Å². The predicted molar refractivity (Wildman–Crippen MR) is 61.7 cm³/mol. The number of hydrogen-bond acceptors (Lipinski definition) is 4. The Labute approximate surface area is 102 Å². The van der Waals surface area contributed by atoms with Crippen LogP contribution in [0, 0.1) is 11.8 Å². The molecule has 0 amide bonds. The molecule has 1 rings (SSSR count). The molecule has 0 fully saturated rings. The Morgan fingerprint density at radius 2 is 2.38 bits per heavy atom. The molecular weight excluding hydrogens is 274 g/mol. The van der Waals surface area contributed by atoms with Crippen molar-refractivity contribution in [2.75, 3.05) is 6.61 Å². The van der Waals surface area contributed by atoms with Gasteiger partial charge in [0.2, 0.25) is 0 Å². The minimum Gasteiger partial charge on any atom is -0.505 e. The SMILES string of the molecule is CCOC(=O)CC#Cc1nc(Br)ccc1O. The molecule has 1 heterocycles. The largest absolute Gasteiger partial charge is 0.505 e. The third-order valence-electron chi connectivity index (χ3n) is 1.58. The van der Waals surface area contributed by atoms with Crippen LogP contribution in [0.1, 0.15) is 19.0 Å². The maximum absolute atomic E-state index is 11.0. The van der Waals surface area contributed by atoms with Crippen LogP contribution in [0.15, 0.2) is 16.7 Å². The number of carbonyl (C=O) groups excluding carboxylic acids is 1. The highest BCUT2D eigenvalue weighted by Crippen LogP contribution is 2.16. The summed E-state index contributed by atoms with van der Waals surface area (Å²) in [6.07, 6.45) is -0.0124. The zero-order valence-electron chi connectivity index (χ0n) is 8.66. The Morgan fingerprint density at radius 1 is 1.62 bits per heavy atom. The summed E-state index contributed by atoms with van der Waals surface area (Å²) >= 11 is 3.16. The lowest BCUT2D eigenvalue weighted by Gasteiger charge is -1.96. The van der Waals surface area contributed by atoms with Gasteiger partial charge >= 0.3 is 5.97 Å². The molecule has 0 saturated heterocycles. The van der Waals surface area contributed by atoms with Gasteiger partial charge in [0.15, 0.2) is 5.69 Å². The zero-order valence-corrected chi connectivity index (χ0v) is 10.2. The summed E-state index contributed by atoms with van der Waals surface area (Å²) in [5.74, 6) is 4.79. The fraction of sp³-hybridized carbons (Fsp3) is 0.273. The summed E-state index contributed by atoms with van der Waals surface area (Å²) in [5.41, 5.74) is 0.235. The van der Waals surface area contributed by atoms with E-state index < -0.39 is 0 Å². The van der Waals surface area contributed by atoms with Crippen molar-refractivity contribution in [1.82, 2.24) is 4.98 Å². The predicted octanol–water partition coefficient (Wildman–Crippen LogP) is 1.85. The minimum atomic E-state index is -0.385. The number of esters is 1. The van der Waals surface area contributed by atoms with Crippen LogP contribution in [0.5, 0.6) is 5.75 Å². The second-order valence-electron chi connectivity index (χ2n) is 2.79. The first-order valence-corrected chi connectivity index (χ1v) is 5.42. The van der Waals surface area contributed by atoms with E-state index >= 15 is 0 Å². The molecule has 84 valence electrons. The lowest BCUT2D eigenvalue weighted by molar-refractivity contribution is -0.141. The zero-order chi connectivity index (χ0) is 12.0. The molecule has 0 saturated carbocycles. The molecule has 0 aromatic carbocycles. The van der Waals surface area contributed by atoms with Crippen LogP contribution in [-0.4, -0.2) is 22.7 Å². The Hall–Kier alpha value is -1.54. The van der Waals surface area contributed by atoms with Crippen LogP contribution in [0.2, 0.25) is 0 Å². The van der Waals surface area contributed by atoms with Crippen molar-refractivity contribution in [3.05, 3.63) is 22.4 Å². The Morgan fingerprint density at radius 3 is 3.06 bits per heavy atom. The van der Waals surface area contributed by atoms with Gasteiger partial charge in [-0.1, -0.05) is 5.92 Å². The van der Waals surface area contributed by atoms with E-state index in [1.807, 2.05) is 0 Å². The molecule has 0 aliphatic carbocycles. The Kier molecular flexibility index (Phi) is 4.80. The number of nitrogens with zero attached hydrogens (tertiary/aromatic N) is 1. The fourth-order valence-electron chi connectivity index (χ4n) is 0.932. The van der Waals surface area contributed by atoms with Crippen LogP contribution >= 0.6 is 15.9 Å². The van der Waals surface area contributed by atoms with E-state index in [4.69, 9.17) is 4.74 Å². The maximum Gasteiger partial charge on any atom is 0.317 e. The van der Waals surface area contributed by atoms with Crippen molar-refractivity contribution in [3.63, 3.8) is 0 Å². The second-order valence-corrected chi connectivity index (χ2v) is 3.60. The third kappa shape index (κ3) is 3.91. The van der Waals surface area contributed by atoms with E-state index in [1.54, 1.807) is 13.0 Å². The van der Waals surface area contributed by atoms with E-state index in [2.05, 4.69) is 32.8 Å². The van der Waals surface area contributed by atoms with Crippen molar-refractivity contribution >= 4 is 21.9 Å². The number of pyridine rings is 1. The highest BCUT2D eigenvalue weighted by Gasteiger charge is 2.00. The molecule has 0 aliphatic heterocycles. The first-order chi connectivity index (χ1) is 7.63. The first kappa shape index (κ1) is 12.5. The average Bonchev–Trinajstić information content (AvgIpc) is 2.23. The second kappa shape index (κ2) is 6.13. The van der Waals surface area contributed by atoms with Crippen LogP contribution < -0.4 is 0 Å².